The Morgan fingerprint density at radius 1 is 1.64 bits per heavy atom. The van der Waals surface area contributed by atoms with Crippen LogP contribution < -0.4 is 0 Å². The Morgan fingerprint density at radius 3 is 2.71 bits per heavy atom. The Hall–Kier alpha value is -2.03. The van der Waals surface area contributed by atoms with E-state index in [1.54, 1.807) is 0 Å². The molecule has 0 aliphatic carbocycles. The lowest BCUT2D eigenvalue weighted by Gasteiger charge is -2.03. The van der Waals surface area contributed by atoms with Crippen LogP contribution in [0.25, 0.3) is 0 Å². The maximum atomic E-state index is 12.3. The van der Waals surface area contributed by atoms with E-state index < -0.39 is 29.2 Å². The van der Waals surface area contributed by atoms with Gasteiger partial charge in [-0.15, -0.1) is 0 Å². The molecule has 1 heterocycles. The van der Waals surface area contributed by atoms with E-state index in [2.05, 4.69) is 4.98 Å². The van der Waals surface area contributed by atoms with Crippen LogP contribution in [0.3, 0.4) is 0 Å². The van der Waals surface area contributed by atoms with E-state index in [-0.39, 0.29) is 0 Å². The molecule has 0 saturated heterocycles. The summed E-state index contributed by atoms with van der Waals surface area (Å²) in [6, 6.07) is 2.41. The minimum Gasteiger partial charge on any atom is -0.478 e. The van der Waals surface area contributed by atoms with Crippen molar-refractivity contribution in [1.29, 1.82) is 5.26 Å². The molecule has 0 fully saturated rings. The van der Waals surface area contributed by atoms with Crippen molar-refractivity contribution in [2.45, 2.75) is 6.43 Å². The largest absolute Gasteiger partial charge is 0.478 e. The monoisotopic (exact) mass is 198 g/mol. The number of aromatic carboxylic acids is 1. The van der Waals surface area contributed by atoms with Crippen LogP contribution in [0.2, 0.25) is 0 Å². The molecule has 0 atom stereocenters. The van der Waals surface area contributed by atoms with Crippen LogP contribution in [0.4, 0.5) is 8.78 Å². The number of hydrogen-bond acceptors (Lipinski definition) is 3. The zero-order valence-corrected chi connectivity index (χ0v) is 6.74. The lowest BCUT2D eigenvalue weighted by molar-refractivity contribution is 0.0695. The lowest BCUT2D eigenvalue weighted by Crippen LogP contribution is -2.05. The Bertz CT molecular complexity index is 412. The Balaban J connectivity index is 3.42. The molecule has 0 bridgehead atoms. The lowest BCUT2D eigenvalue weighted by atomic mass is 10.1. The first-order valence-electron chi connectivity index (χ1n) is 3.48. The van der Waals surface area contributed by atoms with E-state index in [1.807, 2.05) is 0 Å². The summed E-state index contributed by atoms with van der Waals surface area (Å²) in [6.07, 6.45) is -2.02. The Labute approximate surface area is 77.4 Å². The van der Waals surface area contributed by atoms with Crippen LogP contribution in [-0.4, -0.2) is 16.1 Å². The average Bonchev–Trinajstić information content (AvgIpc) is 2.16. The van der Waals surface area contributed by atoms with Crippen LogP contribution >= 0.6 is 0 Å². The van der Waals surface area contributed by atoms with E-state index in [4.69, 9.17) is 10.4 Å². The number of carbonyl (C=O) groups is 1. The summed E-state index contributed by atoms with van der Waals surface area (Å²) in [5.41, 5.74) is -1.85. The minimum atomic E-state index is -2.95. The molecule has 0 aliphatic heterocycles. The fraction of sp³-hybridized carbons (Fsp3) is 0.125. The topological polar surface area (TPSA) is 74.0 Å². The highest BCUT2D eigenvalue weighted by molar-refractivity contribution is 5.90. The zero-order chi connectivity index (χ0) is 10.7. The van der Waals surface area contributed by atoms with Gasteiger partial charge in [0.15, 0.2) is 0 Å². The summed E-state index contributed by atoms with van der Waals surface area (Å²) in [5, 5.41) is 17.1. The summed E-state index contributed by atoms with van der Waals surface area (Å²) in [7, 11) is 0. The highest BCUT2D eigenvalue weighted by atomic mass is 19.3. The molecule has 0 spiro atoms. The van der Waals surface area contributed by atoms with Gasteiger partial charge >= 0.3 is 5.97 Å². The predicted octanol–water partition coefficient (Wildman–Crippen LogP) is 1.59. The van der Waals surface area contributed by atoms with Crippen LogP contribution in [-0.2, 0) is 0 Å². The molecule has 1 aromatic rings. The van der Waals surface area contributed by atoms with Crippen LogP contribution in [0.15, 0.2) is 12.3 Å². The number of halogens is 2. The third kappa shape index (κ3) is 1.66. The van der Waals surface area contributed by atoms with Crippen molar-refractivity contribution >= 4 is 5.97 Å². The highest BCUT2D eigenvalue weighted by Crippen LogP contribution is 2.22. The third-order valence-electron chi connectivity index (χ3n) is 1.53. The average molecular weight is 198 g/mol. The highest BCUT2D eigenvalue weighted by Gasteiger charge is 2.20. The van der Waals surface area contributed by atoms with Crippen molar-refractivity contribution in [1.82, 2.24) is 4.98 Å². The second-order valence-electron chi connectivity index (χ2n) is 2.34. The predicted molar refractivity (Wildman–Crippen MR) is 40.9 cm³/mol. The van der Waals surface area contributed by atoms with Gasteiger partial charge in [0, 0.05) is 6.20 Å². The summed E-state index contributed by atoms with van der Waals surface area (Å²) >= 11 is 0. The molecule has 0 saturated carbocycles. The standard InChI is InChI=1S/C8H4F2N2O2/c9-7(10)6-5(3-11)4(8(13)14)1-2-12-6/h1-2,7H,(H,13,14). The number of carboxylic acids is 1. The molecule has 0 radical (unpaired) electrons. The molecule has 1 aromatic heterocycles. The SMILES string of the molecule is N#Cc1c(C(=O)O)ccnc1C(F)F. The smallest absolute Gasteiger partial charge is 0.337 e. The zero-order valence-electron chi connectivity index (χ0n) is 6.74. The maximum absolute atomic E-state index is 12.3. The number of hydrogen-bond donors (Lipinski definition) is 1. The second-order valence-corrected chi connectivity index (χ2v) is 2.34. The quantitative estimate of drug-likeness (QED) is 0.782. The second kappa shape index (κ2) is 3.79. The van der Waals surface area contributed by atoms with Crippen molar-refractivity contribution in [3.63, 3.8) is 0 Å². The summed E-state index contributed by atoms with van der Waals surface area (Å²) in [6.45, 7) is 0. The van der Waals surface area contributed by atoms with Gasteiger partial charge in [-0.3, -0.25) is 4.98 Å². The Morgan fingerprint density at radius 2 is 2.29 bits per heavy atom. The molecule has 4 nitrogen and oxygen atoms in total. The van der Waals surface area contributed by atoms with Gasteiger partial charge in [-0.25, -0.2) is 13.6 Å². The number of alkyl halides is 2. The first kappa shape index (κ1) is 10.1. The van der Waals surface area contributed by atoms with Gasteiger partial charge in [-0.1, -0.05) is 0 Å². The van der Waals surface area contributed by atoms with Gasteiger partial charge in [0.25, 0.3) is 6.43 Å². The normalized spacial score (nSPS) is 9.86. The fourth-order valence-corrected chi connectivity index (χ4v) is 0.939. The molecule has 1 rings (SSSR count). The molecule has 0 amide bonds. The minimum absolute atomic E-state index is 0.460. The molecular weight excluding hydrogens is 194 g/mol. The van der Waals surface area contributed by atoms with Crippen molar-refractivity contribution < 1.29 is 18.7 Å². The molecule has 1 N–H and O–H groups in total. The molecule has 0 aromatic carbocycles. The number of rotatable bonds is 2. The van der Waals surface area contributed by atoms with Gasteiger partial charge in [0.1, 0.15) is 11.8 Å². The molecule has 14 heavy (non-hydrogen) atoms. The van der Waals surface area contributed by atoms with Crippen molar-refractivity contribution in [3.05, 3.63) is 29.1 Å². The summed E-state index contributed by atoms with van der Waals surface area (Å²) < 4.78 is 24.5. The summed E-state index contributed by atoms with van der Waals surface area (Å²) in [4.78, 5) is 13.8. The van der Waals surface area contributed by atoms with E-state index >= 15 is 0 Å². The summed E-state index contributed by atoms with van der Waals surface area (Å²) in [5.74, 6) is -1.43. The molecule has 6 heteroatoms. The van der Waals surface area contributed by atoms with E-state index in [0.717, 1.165) is 12.3 Å². The maximum Gasteiger partial charge on any atom is 0.337 e. The number of aromatic nitrogens is 1. The van der Waals surface area contributed by atoms with Gasteiger partial charge in [-0.2, -0.15) is 5.26 Å². The van der Waals surface area contributed by atoms with Gasteiger partial charge in [-0.05, 0) is 6.07 Å². The fourth-order valence-electron chi connectivity index (χ4n) is 0.939. The van der Waals surface area contributed by atoms with E-state index in [9.17, 15) is 13.6 Å². The third-order valence-corrected chi connectivity index (χ3v) is 1.53. The van der Waals surface area contributed by atoms with E-state index in [0.29, 0.717) is 0 Å². The van der Waals surface area contributed by atoms with Crippen molar-refractivity contribution in [3.8, 4) is 6.07 Å². The Kier molecular flexibility index (Phi) is 2.72. The molecule has 0 unspecified atom stereocenters. The number of nitriles is 1. The van der Waals surface area contributed by atoms with Crippen molar-refractivity contribution in [2.75, 3.05) is 0 Å². The first-order chi connectivity index (χ1) is 6.57. The van der Waals surface area contributed by atoms with Crippen molar-refractivity contribution in [2.24, 2.45) is 0 Å². The molecule has 72 valence electrons. The van der Waals surface area contributed by atoms with Crippen LogP contribution in [0.5, 0.6) is 0 Å². The van der Waals surface area contributed by atoms with Gasteiger partial charge in [0.2, 0.25) is 0 Å². The van der Waals surface area contributed by atoms with E-state index in [1.165, 1.54) is 6.07 Å². The number of carboxylic acid groups (broad SMARTS) is 1. The van der Waals surface area contributed by atoms with Gasteiger partial charge in [0.05, 0.1) is 11.1 Å². The molecular formula is C8H4F2N2O2. The molecule has 0 aliphatic rings. The van der Waals surface area contributed by atoms with Crippen LogP contribution in [0, 0.1) is 11.3 Å². The number of pyridine rings is 1. The first-order valence-corrected chi connectivity index (χ1v) is 3.48. The van der Waals surface area contributed by atoms with Crippen LogP contribution in [0.1, 0.15) is 28.0 Å². The number of nitrogens with zero attached hydrogens (tertiary/aromatic N) is 2. The van der Waals surface area contributed by atoms with Gasteiger partial charge < -0.3 is 5.11 Å².